The van der Waals surface area contributed by atoms with Crippen molar-refractivity contribution < 1.29 is 19.1 Å². The predicted molar refractivity (Wildman–Crippen MR) is 94.7 cm³/mol. The Morgan fingerprint density at radius 1 is 1.00 bits per heavy atom. The molecule has 2 saturated carbocycles. The van der Waals surface area contributed by atoms with E-state index < -0.39 is 0 Å². The first kappa shape index (κ1) is 15.9. The number of methoxy groups -OCH3 is 2. The Morgan fingerprint density at radius 2 is 1.62 bits per heavy atom. The molecule has 1 aromatic rings. The Kier molecular flexibility index (Phi) is 3.27. The van der Waals surface area contributed by atoms with Gasteiger partial charge in [-0.25, -0.2) is 0 Å². The van der Waals surface area contributed by atoms with Gasteiger partial charge in [-0.15, -0.1) is 0 Å². The summed E-state index contributed by atoms with van der Waals surface area (Å²) in [4.78, 5) is 27.5. The van der Waals surface area contributed by atoms with E-state index in [1.807, 2.05) is 18.2 Å². The van der Waals surface area contributed by atoms with Crippen LogP contribution in [0.25, 0.3) is 0 Å². The molecular formula is C21H23NO4. The summed E-state index contributed by atoms with van der Waals surface area (Å²) in [5.41, 5.74) is 1.29. The number of allylic oxidation sites excluding steroid dienone is 2. The van der Waals surface area contributed by atoms with Crippen molar-refractivity contribution in [3.63, 3.8) is 0 Å². The van der Waals surface area contributed by atoms with Crippen LogP contribution in [-0.2, 0) is 16.0 Å². The highest BCUT2D eigenvalue weighted by Crippen LogP contribution is 2.73. The Morgan fingerprint density at radius 3 is 2.15 bits per heavy atom. The number of nitrogens with zero attached hydrogens (tertiary/aromatic N) is 1. The topological polar surface area (TPSA) is 55.8 Å². The van der Waals surface area contributed by atoms with Crippen molar-refractivity contribution in [2.24, 2.45) is 29.1 Å². The minimum atomic E-state index is -0.106. The van der Waals surface area contributed by atoms with Gasteiger partial charge in [0.25, 0.3) is 0 Å². The van der Waals surface area contributed by atoms with Crippen molar-refractivity contribution >= 4 is 11.8 Å². The summed E-state index contributed by atoms with van der Waals surface area (Å²) in [5, 5.41) is 0. The van der Waals surface area contributed by atoms with E-state index in [0.29, 0.717) is 36.3 Å². The molecule has 1 saturated heterocycles. The van der Waals surface area contributed by atoms with Crippen LogP contribution >= 0.6 is 0 Å². The number of amides is 2. The third-order valence-corrected chi connectivity index (χ3v) is 7.02. The summed E-state index contributed by atoms with van der Waals surface area (Å²) in [6.45, 7) is 0.437. The zero-order chi connectivity index (χ0) is 18.1. The molecular weight excluding hydrogens is 330 g/mol. The number of carbonyl (C=O) groups excluding carboxylic acids is 2. The number of hydrogen-bond donors (Lipinski definition) is 0. The Balaban J connectivity index is 1.32. The first-order chi connectivity index (χ1) is 12.6. The third kappa shape index (κ3) is 1.91. The monoisotopic (exact) mass is 353 g/mol. The number of benzene rings is 1. The quantitative estimate of drug-likeness (QED) is 0.603. The molecule has 5 heteroatoms. The zero-order valence-electron chi connectivity index (χ0n) is 15.1. The second-order valence-electron chi connectivity index (χ2n) is 7.99. The van der Waals surface area contributed by atoms with Crippen LogP contribution in [0.3, 0.4) is 0 Å². The van der Waals surface area contributed by atoms with Gasteiger partial charge in [0.2, 0.25) is 11.8 Å². The molecule has 2 bridgehead atoms. The van der Waals surface area contributed by atoms with Gasteiger partial charge in [0.05, 0.1) is 26.1 Å². The van der Waals surface area contributed by atoms with Crippen molar-refractivity contribution in [1.82, 2.24) is 4.90 Å². The molecule has 1 aromatic carbocycles. The molecule has 3 fully saturated rings. The van der Waals surface area contributed by atoms with Crippen molar-refractivity contribution in [3.05, 3.63) is 35.9 Å². The molecule has 3 aliphatic carbocycles. The molecule has 5 nitrogen and oxygen atoms in total. The van der Waals surface area contributed by atoms with E-state index in [0.717, 1.165) is 5.56 Å². The van der Waals surface area contributed by atoms with E-state index in [4.69, 9.17) is 9.47 Å². The van der Waals surface area contributed by atoms with E-state index in [1.54, 1.807) is 14.2 Å². The van der Waals surface area contributed by atoms with Gasteiger partial charge >= 0.3 is 0 Å². The number of likely N-dealkylation sites (tertiary alicyclic amines) is 1. The molecule has 1 aliphatic heterocycles. The fourth-order valence-electron chi connectivity index (χ4n) is 5.64. The molecule has 4 atom stereocenters. The highest BCUT2D eigenvalue weighted by atomic mass is 16.5. The van der Waals surface area contributed by atoms with Gasteiger partial charge in [0, 0.05) is 6.54 Å². The second kappa shape index (κ2) is 5.35. The van der Waals surface area contributed by atoms with E-state index in [2.05, 4.69) is 12.2 Å². The van der Waals surface area contributed by atoms with Gasteiger partial charge in [-0.2, -0.15) is 0 Å². The van der Waals surface area contributed by atoms with E-state index in [1.165, 1.54) is 17.7 Å². The standard InChI is InChI=1S/C21H23NO4/c1-25-15-6-3-12(11-16(15)26-2)7-10-22-19(23)17-13-4-5-14(18(17)20(22)24)21(13)8-9-21/h3-6,11,13-14,17-18H,7-10H2,1-2H3/t13-,14+,17-,18-/m0/s1. The first-order valence-electron chi connectivity index (χ1n) is 9.35. The van der Waals surface area contributed by atoms with Crippen LogP contribution in [0, 0.1) is 29.1 Å². The fourth-order valence-corrected chi connectivity index (χ4v) is 5.64. The molecule has 5 rings (SSSR count). The summed E-state index contributed by atoms with van der Waals surface area (Å²) >= 11 is 0. The van der Waals surface area contributed by atoms with Crippen LogP contribution in [-0.4, -0.2) is 37.5 Å². The largest absolute Gasteiger partial charge is 0.493 e. The van der Waals surface area contributed by atoms with E-state index in [9.17, 15) is 9.59 Å². The van der Waals surface area contributed by atoms with Gasteiger partial charge in [-0.1, -0.05) is 18.2 Å². The number of carbonyl (C=O) groups is 2. The third-order valence-electron chi connectivity index (χ3n) is 7.02. The number of fused-ring (bicyclic) bond motifs is 3. The minimum Gasteiger partial charge on any atom is -0.493 e. The first-order valence-corrected chi connectivity index (χ1v) is 9.35. The van der Waals surface area contributed by atoms with Crippen LogP contribution in [0.1, 0.15) is 18.4 Å². The minimum absolute atomic E-state index is 0.0450. The van der Waals surface area contributed by atoms with Crippen LogP contribution in [0.5, 0.6) is 11.5 Å². The molecule has 0 radical (unpaired) electrons. The van der Waals surface area contributed by atoms with Crippen molar-refractivity contribution in [1.29, 1.82) is 0 Å². The summed E-state index contributed by atoms with van der Waals surface area (Å²) in [7, 11) is 3.21. The van der Waals surface area contributed by atoms with Gasteiger partial charge in [-0.05, 0) is 54.2 Å². The maximum atomic E-state index is 13.0. The predicted octanol–water partition coefficient (Wildman–Crippen LogP) is 2.44. The molecule has 26 heavy (non-hydrogen) atoms. The lowest BCUT2D eigenvalue weighted by atomic mass is 9.85. The summed E-state index contributed by atoms with van der Waals surface area (Å²) < 4.78 is 10.6. The Hall–Kier alpha value is -2.30. The highest BCUT2D eigenvalue weighted by Gasteiger charge is 2.73. The summed E-state index contributed by atoms with van der Waals surface area (Å²) in [5.74, 6) is 1.80. The second-order valence-corrected chi connectivity index (χ2v) is 7.99. The molecule has 0 N–H and O–H groups in total. The number of rotatable bonds is 5. The normalized spacial score (nSPS) is 32.5. The Labute approximate surface area is 153 Å². The van der Waals surface area contributed by atoms with Gasteiger partial charge in [0.1, 0.15) is 0 Å². The van der Waals surface area contributed by atoms with Crippen molar-refractivity contribution in [2.75, 3.05) is 20.8 Å². The van der Waals surface area contributed by atoms with Crippen molar-refractivity contribution in [2.45, 2.75) is 19.3 Å². The van der Waals surface area contributed by atoms with E-state index in [-0.39, 0.29) is 29.1 Å². The zero-order valence-corrected chi connectivity index (χ0v) is 15.1. The van der Waals surface area contributed by atoms with Gasteiger partial charge in [-0.3, -0.25) is 14.5 Å². The van der Waals surface area contributed by atoms with Gasteiger partial charge in [0.15, 0.2) is 11.5 Å². The number of ether oxygens (including phenoxy) is 2. The molecule has 4 aliphatic rings. The molecule has 136 valence electrons. The summed E-state index contributed by atoms with van der Waals surface area (Å²) in [6.07, 6.45) is 7.40. The lowest BCUT2D eigenvalue weighted by Crippen LogP contribution is -2.36. The van der Waals surface area contributed by atoms with Crippen LogP contribution in [0.2, 0.25) is 0 Å². The van der Waals surface area contributed by atoms with Crippen LogP contribution in [0.4, 0.5) is 0 Å². The SMILES string of the molecule is COc1ccc(CCN2C(=O)[C@@H]3[C@@H](C2=O)[C@@H]2C=C[C@H]3C23CC3)cc1OC. The Bertz CT molecular complexity index is 791. The van der Waals surface area contributed by atoms with Gasteiger partial charge < -0.3 is 9.47 Å². The molecule has 0 aromatic heterocycles. The lowest BCUT2D eigenvalue weighted by molar-refractivity contribution is -0.141. The molecule has 1 spiro atoms. The maximum absolute atomic E-state index is 13.0. The maximum Gasteiger partial charge on any atom is 0.233 e. The lowest BCUT2D eigenvalue weighted by Gasteiger charge is -2.21. The summed E-state index contributed by atoms with van der Waals surface area (Å²) in [6, 6.07) is 5.73. The highest BCUT2D eigenvalue weighted by molar-refractivity contribution is 6.06. The average Bonchev–Trinajstić information content (AvgIpc) is 3.26. The number of imide groups is 1. The fraction of sp³-hybridized carbons (Fsp3) is 0.524. The average molecular weight is 353 g/mol. The van der Waals surface area contributed by atoms with Crippen LogP contribution in [0.15, 0.2) is 30.4 Å². The van der Waals surface area contributed by atoms with Crippen LogP contribution < -0.4 is 9.47 Å². The van der Waals surface area contributed by atoms with Crippen molar-refractivity contribution in [3.8, 4) is 11.5 Å². The molecule has 0 unspecified atom stereocenters. The smallest absolute Gasteiger partial charge is 0.233 e. The molecule has 2 amide bonds. The number of hydrogen-bond acceptors (Lipinski definition) is 4. The van der Waals surface area contributed by atoms with E-state index >= 15 is 0 Å². The molecule has 1 heterocycles.